The van der Waals surface area contributed by atoms with Crippen LogP contribution < -0.4 is 4.74 Å². The molecule has 1 aliphatic rings. The number of ether oxygens (including phenoxy) is 1. The summed E-state index contributed by atoms with van der Waals surface area (Å²) < 4.78 is 44.6. The van der Waals surface area contributed by atoms with Gasteiger partial charge in [-0.3, -0.25) is 4.90 Å². The van der Waals surface area contributed by atoms with Crippen LogP contribution in [0.4, 0.5) is 13.2 Å². The molecule has 5 nitrogen and oxygen atoms in total. The number of imidazole rings is 1. The summed E-state index contributed by atoms with van der Waals surface area (Å²) in [6.07, 6.45) is -3.61. The number of H-pyrrole nitrogens is 1. The van der Waals surface area contributed by atoms with Crippen molar-refractivity contribution >= 4 is 17.0 Å². The lowest BCUT2D eigenvalue weighted by molar-refractivity contribution is -0.137. The average Bonchev–Trinajstić information content (AvgIpc) is 3.35. The van der Waals surface area contributed by atoms with E-state index in [1.807, 2.05) is 36.4 Å². The van der Waals surface area contributed by atoms with Gasteiger partial charge in [0.1, 0.15) is 11.6 Å². The normalized spacial score (nSPS) is 13.8. The second kappa shape index (κ2) is 10.0. The summed E-state index contributed by atoms with van der Waals surface area (Å²) >= 11 is 0. The van der Waals surface area contributed by atoms with Gasteiger partial charge in [0.25, 0.3) is 0 Å². The Morgan fingerprint density at radius 2 is 1.69 bits per heavy atom. The van der Waals surface area contributed by atoms with E-state index in [2.05, 4.69) is 14.9 Å². The first kappa shape index (κ1) is 24.9. The van der Waals surface area contributed by atoms with Crippen molar-refractivity contribution in [2.24, 2.45) is 0 Å². The van der Waals surface area contributed by atoms with Crippen LogP contribution in [0.3, 0.4) is 0 Å². The molecular weight excluding hydrogens is 503 g/mol. The fraction of sp³-hybridized carbons (Fsp3) is 0.161. The zero-order valence-corrected chi connectivity index (χ0v) is 20.8. The van der Waals surface area contributed by atoms with E-state index in [1.54, 1.807) is 30.3 Å². The van der Waals surface area contributed by atoms with Crippen molar-refractivity contribution in [2.45, 2.75) is 25.7 Å². The maximum absolute atomic E-state index is 13.1. The molecule has 0 saturated carbocycles. The van der Waals surface area contributed by atoms with Crippen LogP contribution in [0.25, 0.3) is 22.2 Å². The van der Waals surface area contributed by atoms with Crippen molar-refractivity contribution in [3.63, 3.8) is 0 Å². The van der Waals surface area contributed by atoms with Crippen LogP contribution in [0.5, 0.6) is 5.75 Å². The number of nitrogens with zero attached hydrogens (tertiary/aromatic N) is 2. The Morgan fingerprint density at radius 3 is 2.49 bits per heavy atom. The van der Waals surface area contributed by atoms with Gasteiger partial charge in [0, 0.05) is 13.1 Å². The Balaban J connectivity index is 1.15. The molecule has 6 rings (SSSR count). The Labute approximate surface area is 222 Å². The highest BCUT2D eigenvalue weighted by Crippen LogP contribution is 2.32. The Hall–Kier alpha value is -4.43. The van der Waals surface area contributed by atoms with Gasteiger partial charge in [0.15, 0.2) is 0 Å². The van der Waals surface area contributed by atoms with E-state index in [9.17, 15) is 18.0 Å². The number of benzene rings is 4. The number of hydrogen-bond acceptors (Lipinski definition) is 4. The third kappa shape index (κ3) is 5.28. The molecule has 0 bridgehead atoms. The largest absolute Gasteiger partial charge is 0.423 e. The number of rotatable bonds is 5. The van der Waals surface area contributed by atoms with Gasteiger partial charge >= 0.3 is 12.1 Å². The second-order valence-corrected chi connectivity index (χ2v) is 9.60. The average molecular weight is 528 g/mol. The first-order chi connectivity index (χ1) is 18.8. The number of hydrogen-bond donors (Lipinski definition) is 1. The summed E-state index contributed by atoms with van der Waals surface area (Å²) in [7, 11) is 0. The van der Waals surface area contributed by atoms with Crippen molar-refractivity contribution in [2.75, 3.05) is 6.54 Å². The van der Waals surface area contributed by atoms with E-state index in [4.69, 9.17) is 4.74 Å². The minimum atomic E-state index is -4.42. The highest BCUT2D eigenvalue weighted by atomic mass is 19.4. The minimum Gasteiger partial charge on any atom is -0.423 e. The van der Waals surface area contributed by atoms with Crippen LogP contribution in [0.2, 0.25) is 0 Å². The fourth-order valence-electron chi connectivity index (χ4n) is 4.99. The van der Waals surface area contributed by atoms with Crippen LogP contribution in [0.1, 0.15) is 32.9 Å². The standard InChI is InChI=1S/C31H24F3N3O2/c32-31(33,34)23-12-9-20(10-13-23)25-5-1-2-6-26(25)30(38)39-24-14-11-22-18-37(16-15-21(22)17-24)19-29-35-27-7-3-4-8-28(27)36-29/h1-14,17H,15-16,18-19H2,(H,35,36). The highest BCUT2D eigenvalue weighted by molar-refractivity contribution is 5.98. The molecule has 8 heteroatoms. The van der Waals surface area contributed by atoms with Crippen molar-refractivity contribution in [1.29, 1.82) is 0 Å². The maximum atomic E-state index is 13.1. The quantitative estimate of drug-likeness (QED) is 0.197. The second-order valence-electron chi connectivity index (χ2n) is 9.60. The predicted molar refractivity (Wildman–Crippen MR) is 142 cm³/mol. The summed E-state index contributed by atoms with van der Waals surface area (Å²) in [6.45, 7) is 2.32. The molecule has 1 N–H and O–H groups in total. The minimum absolute atomic E-state index is 0.284. The van der Waals surface area contributed by atoms with Gasteiger partial charge in [-0.15, -0.1) is 0 Å². The Bertz CT molecular complexity index is 1630. The highest BCUT2D eigenvalue weighted by Gasteiger charge is 2.30. The molecule has 0 amide bonds. The number of carbonyl (C=O) groups is 1. The molecule has 0 spiro atoms. The van der Waals surface area contributed by atoms with Crippen LogP contribution in [-0.4, -0.2) is 27.4 Å². The summed E-state index contributed by atoms with van der Waals surface area (Å²) in [5.41, 5.74) is 4.83. The number of nitrogens with one attached hydrogen (secondary N) is 1. The molecule has 0 aliphatic carbocycles. The number of aromatic amines is 1. The predicted octanol–water partition coefficient (Wildman–Crippen LogP) is 7.03. The molecule has 0 radical (unpaired) electrons. The molecule has 5 aromatic rings. The molecule has 39 heavy (non-hydrogen) atoms. The summed E-state index contributed by atoms with van der Waals surface area (Å²) in [5.74, 6) is 0.802. The Kier molecular flexibility index (Phi) is 6.40. The smallest absolute Gasteiger partial charge is 0.416 e. The summed E-state index contributed by atoms with van der Waals surface area (Å²) in [5, 5.41) is 0. The number of fused-ring (bicyclic) bond motifs is 2. The number of para-hydroxylation sites is 2. The number of halogens is 3. The number of carbonyl (C=O) groups excluding carboxylic acids is 1. The van der Waals surface area contributed by atoms with E-state index >= 15 is 0 Å². The van der Waals surface area contributed by atoms with Gasteiger partial charge in [0.05, 0.1) is 28.7 Å². The molecule has 196 valence electrons. The number of esters is 1. The van der Waals surface area contributed by atoms with Crippen molar-refractivity contribution < 1.29 is 22.7 Å². The van der Waals surface area contributed by atoms with Gasteiger partial charge in [-0.25, -0.2) is 9.78 Å². The van der Waals surface area contributed by atoms with E-state index in [1.165, 1.54) is 17.7 Å². The first-order valence-electron chi connectivity index (χ1n) is 12.6. The Morgan fingerprint density at radius 1 is 0.923 bits per heavy atom. The van der Waals surface area contributed by atoms with Gasteiger partial charge < -0.3 is 9.72 Å². The maximum Gasteiger partial charge on any atom is 0.416 e. The van der Waals surface area contributed by atoms with E-state index in [0.29, 0.717) is 23.4 Å². The van der Waals surface area contributed by atoms with E-state index in [0.717, 1.165) is 54.1 Å². The van der Waals surface area contributed by atoms with Crippen LogP contribution in [-0.2, 0) is 25.7 Å². The third-order valence-corrected chi connectivity index (χ3v) is 6.96. The zero-order chi connectivity index (χ0) is 27.0. The van der Waals surface area contributed by atoms with Gasteiger partial charge in [-0.1, -0.05) is 48.5 Å². The lowest BCUT2D eigenvalue weighted by Gasteiger charge is -2.28. The van der Waals surface area contributed by atoms with Crippen molar-refractivity contribution in [3.05, 3.63) is 119 Å². The lowest BCUT2D eigenvalue weighted by Crippen LogP contribution is -2.30. The fourth-order valence-corrected chi connectivity index (χ4v) is 4.99. The first-order valence-corrected chi connectivity index (χ1v) is 12.6. The topological polar surface area (TPSA) is 58.2 Å². The molecule has 0 saturated heterocycles. The van der Waals surface area contributed by atoms with Gasteiger partial charge in [-0.2, -0.15) is 13.2 Å². The van der Waals surface area contributed by atoms with Gasteiger partial charge in [0.2, 0.25) is 0 Å². The van der Waals surface area contributed by atoms with Crippen LogP contribution >= 0.6 is 0 Å². The number of aromatic nitrogens is 2. The molecule has 1 aliphatic heterocycles. The molecule has 0 fully saturated rings. The summed E-state index contributed by atoms with van der Waals surface area (Å²) in [6, 6.07) is 25.1. The molecule has 0 unspecified atom stereocenters. The monoisotopic (exact) mass is 527 g/mol. The van der Waals surface area contributed by atoms with Crippen molar-refractivity contribution in [1.82, 2.24) is 14.9 Å². The molecule has 4 aromatic carbocycles. The van der Waals surface area contributed by atoms with Crippen LogP contribution in [0, 0.1) is 0 Å². The molecule has 0 atom stereocenters. The SMILES string of the molecule is O=C(Oc1ccc2c(c1)CCN(Cc1nc3ccccc3[nH]1)C2)c1ccccc1-c1ccc(C(F)(F)F)cc1. The van der Waals surface area contributed by atoms with Crippen LogP contribution in [0.15, 0.2) is 91.0 Å². The van der Waals surface area contributed by atoms with E-state index < -0.39 is 17.7 Å². The number of alkyl halides is 3. The van der Waals surface area contributed by atoms with E-state index in [-0.39, 0.29) is 5.56 Å². The lowest BCUT2D eigenvalue weighted by atomic mass is 9.98. The third-order valence-electron chi connectivity index (χ3n) is 6.96. The zero-order valence-electron chi connectivity index (χ0n) is 20.8. The van der Waals surface area contributed by atoms with Gasteiger partial charge in [-0.05, 0) is 71.1 Å². The summed E-state index contributed by atoms with van der Waals surface area (Å²) in [4.78, 5) is 23.5. The van der Waals surface area contributed by atoms with Crippen molar-refractivity contribution in [3.8, 4) is 16.9 Å². The molecular formula is C31H24F3N3O2. The molecule has 1 aromatic heterocycles. The molecule has 2 heterocycles.